The van der Waals surface area contributed by atoms with Crippen molar-refractivity contribution in [2.75, 3.05) is 0 Å². The Kier molecular flexibility index (Phi) is 4.30. The summed E-state index contributed by atoms with van der Waals surface area (Å²) in [5.74, 6) is 5.00. The van der Waals surface area contributed by atoms with Gasteiger partial charge in [-0.1, -0.05) is 12.1 Å². The third kappa shape index (κ3) is 3.59. The van der Waals surface area contributed by atoms with E-state index in [1.807, 2.05) is 0 Å². The van der Waals surface area contributed by atoms with Crippen LogP contribution in [-0.2, 0) is 0 Å². The van der Waals surface area contributed by atoms with Crippen LogP contribution < -0.4 is 16.7 Å². The van der Waals surface area contributed by atoms with Gasteiger partial charge in [0.1, 0.15) is 0 Å². The van der Waals surface area contributed by atoms with Gasteiger partial charge in [0.25, 0.3) is 5.69 Å². The molecular weight excluding hydrogens is 230 g/mol. The number of nitro groups is 1. The summed E-state index contributed by atoms with van der Waals surface area (Å²) >= 11 is 4.67. The normalized spacial score (nSPS) is 10.1. The molecule has 0 aliphatic rings. The molecule has 7 nitrogen and oxygen atoms in total. The van der Waals surface area contributed by atoms with E-state index in [-0.39, 0.29) is 10.8 Å². The molecule has 1 aromatic carbocycles. The topological polar surface area (TPSA) is 106 Å². The number of hydrazone groups is 1. The predicted octanol–water partition coefficient (Wildman–Crippen LogP) is 0.266. The molecule has 8 heteroatoms. The summed E-state index contributed by atoms with van der Waals surface area (Å²) in [5, 5.41) is 14.4. The van der Waals surface area contributed by atoms with E-state index in [9.17, 15) is 10.1 Å². The van der Waals surface area contributed by atoms with Crippen molar-refractivity contribution in [2.24, 2.45) is 10.9 Å². The molecule has 1 rings (SSSR count). The van der Waals surface area contributed by atoms with Crippen LogP contribution in [0.15, 0.2) is 29.4 Å². The fourth-order valence-electron chi connectivity index (χ4n) is 0.916. The van der Waals surface area contributed by atoms with Gasteiger partial charge in [0, 0.05) is 17.7 Å². The fraction of sp³-hybridized carbons (Fsp3) is 0. The van der Waals surface area contributed by atoms with E-state index in [0.717, 1.165) is 0 Å². The van der Waals surface area contributed by atoms with Crippen LogP contribution in [0.25, 0.3) is 0 Å². The maximum Gasteiger partial charge on any atom is 0.270 e. The third-order valence-electron chi connectivity index (χ3n) is 1.59. The van der Waals surface area contributed by atoms with E-state index in [0.29, 0.717) is 5.56 Å². The molecule has 0 aliphatic heterocycles. The van der Waals surface area contributed by atoms with Crippen molar-refractivity contribution >= 4 is 29.2 Å². The van der Waals surface area contributed by atoms with E-state index in [4.69, 9.17) is 5.84 Å². The van der Waals surface area contributed by atoms with Gasteiger partial charge in [-0.25, -0.2) is 5.84 Å². The maximum absolute atomic E-state index is 10.5. The Morgan fingerprint density at radius 2 is 2.38 bits per heavy atom. The Hall–Kier alpha value is -2.06. The highest BCUT2D eigenvalue weighted by Gasteiger charge is 2.03. The highest BCUT2D eigenvalue weighted by atomic mass is 32.1. The average molecular weight is 239 g/mol. The zero-order chi connectivity index (χ0) is 12.0. The highest BCUT2D eigenvalue weighted by molar-refractivity contribution is 7.80. The number of nitrogens with zero attached hydrogens (tertiary/aromatic N) is 2. The van der Waals surface area contributed by atoms with Gasteiger partial charge in [0.05, 0.1) is 11.1 Å². The fourth-order valence-corrected chi connectivity index (χ4v) is 0.969. The number of benzene rings is 1. The van der Waals surface area contributed by atoms with Gasteiger partial charge in [-0.05, 0) is 12.2 Å². The van der Waals surface area contributed by atoms with Crippen LogP contribution in [0.5, 0.6) is 0 Å². The van der Waals surface area contributed by atoms with Crippen molar-refractivity contribution in [3.05, 3.63) is 39.9 Å². The lowest BCUT2D eigenvalue weighted by Gasteiger charge is -1.99. The minimum Gasteiger partial charge on any atom is -0.300 e. The standard InChI is InChI=1S/C8H9N5O2S/c9-11-8(16)12-10-5-6-2-1-3-7(4-6)13(14)15/h1-5H,9H2,(H2,11,12,16)/b10-5-. The van der Waals surface area contributed by atoms with Crippen molar-refractivity contribution in [1.29, 1.82) is 0 Å². The Bertz CT molecular complexity index is 434. The molecule has 1 aromatic rings. The van der Waals surface area contributed by atoms with E-state index >= 15 is 0 Å². The second-order valence-corrected chi connectivity index (χ2v) is 3.10. The first-order chi connectivity index (χ1) is 7.63. The average Bonchev–Trinajstić information content (AvgIpc) is 2.29. The van der Waals surface area contributed by atoms with Crippen LogP contribution in [0.2, 0.25) is 0 Å². The van der Waals surface area contributed by atoms with E-state index in [1.165, 1.54) is 18.3 Å². The largest absolute Gasteiger partial charge is 0.300 e. The molecule has 0 unspecified atom stereocenters. The summed E-state index contributed by atoms with van der Waals surface area (Å²) < 4.78 is 0. The van der Waals surface area contributed by atoms with Gasteiger partial charge in [0.15, 0.2) is 0 Å². The number of nitrogens with two attached hydrogens (primary N) is 1. The van der Waals surface area contributed by atoms with Crippen LogP contribution in [0, 0.1) is 10.1 Å². The molecule has 0 bridgehead atoms. The molecule has 0 atom stereocenters. The number of hydrogen-bond acceptors (Lipinski definition) is 5. The van der Waals surface area contributed by atoms with Crippen molar-refractivity contribution in [3.8, 4) is 0 Å². The van der Waals surface area contributed by atoms with Gasteiger partial charge >= 0.3 is 0 Å². The Morgan fingerprint density at radius 3 is 3.00 bits per heavy atom. The lowest BCUT2D eigenvalue weighted by Crippen LogP contribution is -2.37. The third-order valence-corrected chi connectivity index (χ3v) is 1.80. The molecule has 0 aliphatic carbocycles. The Balaban J connectivity index is 2.70. The first-order valence-corrected chi connectivity index (χ1v) is 4.58. The van der Waals surface area contributed by atoms with Gasteiger partial charge in [-0.3, -0.25) is 21.0 Å². The molecule has 0 saturated heterocycles. The SMILES string of the molecule is NNC(=S)N/N=C\c1cccc([N+](=O)[O-])c1. The quantitative estimate of drug-likeness (QED) is 0.230. The number of hydrogen-bond donors (Lipinski definition) is 3. The summed E-state index contributed by atoms with van der Waals surface area (Å²) in [6.07, 6.45) is 1.40. The monoisotopic (exact) mass is 239 g/mol. The molecule has 16 heavy (non-hydrogen) atoms. The molecule has 0 fully saturated rings. The van der Waals surface area contributed by atoms with Crippen molar-refractivity contribution in [2.45, 2.75) is 0 Å². The van der Waals surface area contributed by atoms with E-state index in [1.54, 1.807) is 12.1 Å². The summed E-state index contributed by atoms with van der Waals surface area (Å²) in [7, 11) is 0. The summed E-state index contributed by atoms with van der Waals surface area (Å²) in [6, 6.07) is 6.04. The van der Waals surface area contributed by atoms with Crippen LogP contribution in [0.3, 0.4) is 0 Å². The maximum atomic E-state index is 10.5. The molecule has 0 amide bonds. The molecule has 84 valence electrons. The van der Waals surface area contributed by atoms with E-state index < -0.39 is 4.92 Å². The summed E-state index contributed by atoms with van der Waals surface area (Å²) in [4.78, 5) is 10.0. The van der Waals surface area contributed by atoms with Gasteiger partial charge in [0.2, 0.25) is 5.11 Å². The molecule has 0 aromatic heterocycles. The highest BCUT2D eigenvalue weighted by Crippen LogP contribution is 2.11. The molecular formula is C8H9N5O2S. The summed E-state index contributed by atoms with van der Waals surface area (Å²) in [6.45, 7) is 0. The van der Waals surface area contributed by atoms with Crippen LogP contribution in [0.1, 0.15) is 5.56 Å². The summed E-state index contributed by atoms with van der Waals surface area (Å²) in [5.41, 5.74) is 5.19. The Morgan fingerprint density at radius 1 is 1.62 bits per heavy atom. The first-order valence-electron chi connectivity index (χ1n) is 4.17. The van der Waals surface area contributed by atoms with Crippen molar-refractivity contribution in [1.82, 2.24) is 10.9 Å². The molecule has 0 saturated carbocycles. The smallest absolute Gasteiger partial charge is 0.270 e. The molecule has 0 spiro atoms. The van der Waals surface area contributed by atoms with Gasteiger partial charge in [-0.2, -0.15) is 5.10 Å². The van der Waals surface area contributed by atoms with Gasteiger partial charge < -0.3 is 0 Å². The zero-order valence-corrected chi connectivity index (χ0v) is 8.90. The van der Waals surface area contributed by atoms with Crippen LogP contribution >= 0.6 is 12.2 Å². The number of rotatable bonds is 3. The molecule has 0 heterocycles. The van der Waals surface area contributed by atoms with Crippen molar-refractivity contribution in [3.63, 3.8) is 0 Å². The molecule has 4 N–H and O–H groups in total. The Labute approximate surface area is 96.4 Å². The minimum absolute atomic E-state index is 0.00322. The van der Waals surface area contributed by atoms with Crippen molar-refractivity contribution < 1.29 is 4.92 Å². The lowest BCUT2D eigenvalue weighted by molar-refractivity contribution is -0.384. The predicted molar refractivity (Wildman–Crippen MR) is 63.7 cm³/mol. The number of hydrazine groups is 1. The lowest BCUT2D eigenvalue weighted by atomic mass is 10.2. The number of nitro benzene ring substituents is 1. The number of non-ortho nitro benzene ring substituents is 1. The van der Waals surface area contributed by atoms with E-state index in [2.05, 4.69) is 28.2 Å². The zero-order valence-electron chi connectivity index (χ0n) is 8.08. The number of nitrogens with one attached hydrogen (secondary N) is 2. The van der Waals surface area contributed by atoms with Crippen LogP contribution in [-0.4, -0.2) is 16.3 Å². The van der Waals surface area contributed by atoms with Crippen LogP contribution in [0.4, 0.5) is 5.69 Å². The second kappa shape index (κ2) is 5.73. The first kappa shape index (κ1) is 12.0. The molecule has 0 radical (unpaired) electrons. The van der Waals surface area contributed by atoms with Gasteiger partial charge in [-0.15, -0.1) is 0 Å². The minimum atomic E-state index is -0.475. The number of thiocarbonyl (C=S) groups is 1. The second-order valence-electron chi connectivity index (χ2n) is 2.70.